The standard InChI is InChI=1S/C24H27N7O2/c1-15-16(2)23(32)29-21-10-17(11-28-22(15)21)13-30-8-9-31(19(14-30)6-7-25)18-4-5-20(27-12-18)24(33)26-3/h4-5,10-12,19H,6,8-9,13-14H2,1-3H3,(H,26,33)(H,29,32). The van der Waals surface area contributed by atoms with Crippen LogP contribution in [-0.2, 0) is 6.54 Å². The summed E-state index contributed by atoms with van der Waals surface area (Å²) in [6.45, 7) is 6.67. The smallest absolute Gasteiger partial charge is 0.269 e. The highest BCUT2D eigenvalue weighted by atomic mass is 16.1. The molecule has 3 aromatic heterocycles. The molecule has 4 heterocycles. The van der Waals surface area contributed by atoms with Gasteiger partial charge in [-0.1, -0.05) is 0 Å². The maximum absolute atomic E-state index is 12.2. The number of H-pyrrole nitrogens is 1. The number of aromatic nitrogens is 3. The molecular formula is C24H27N7O2. The van der Waals surface area contributed by atoms with Crippen LogP contribution in [0.1, 0.15) is 33.6 Å². The summed E-state index contributed by atoms with van der Waals surface area (Å²) < 4.78 is 0. The van der Waals surface area contributed by atoms with Crippen molar-refractivity contribution in [2.45, 2.75) is 32.9 Å². The Morgan fingerprint density at radius 1 is 1.24 bits per heavy atom. The zero-order chi connectivity index (χ0) is 23.5. The minimum Gasteiger partial charge on any atom is -0.364 e. The van der Waals surface area contributed by atoms with Gasteiger partial charge in [0.1, 0.15) is 5.69 Å². The lowest BCUT2D eigenvalue weighted by molar-refractivity contribution is 0.0958. The van der Waals surface area contributed by atoms with Crippen LogP contribution in [-0.4, -0.2) is 58.5 Å². The van der Waals surface area contributed by atoms with E-state index >= 15 is 0 Å². The summed E-state index contributed by atoms with van der Waals surface area (Å²) in [5.74, 6) is -0.226. The number of aryl methyl sites for hydroxylation is 1. The third kappa shape index (κ3) is 4.56. The van der Waals surface area contributed by atoms with Gasteiger partial charge in [0, 0.05) is 45.0 Å². The molecule has 1 saturated heterocycles. The van der Waals surface area contributed by atoms with Gasteiger partial charge in [-0.15, -0.1) is 0 Å². The molecule has 1 unspecified atom stereocenters. The molecular weight excluding hydrogens is 418 g/mol. The summed E-state index contributed by atoms with van der Waals surface area (Å²) in [6.07, 6.45) is 3.94. The Hall–Kier alpha value is -3.77. The Labute approximate surface area is 192 Å². The van der Waals surface area contributed by atoms with Gasteiger partial charge in [0.25, 0.3) is 11.5 Å². The summed E-state index contributed by atoms with van der Waals surface area (Å²) >= 11 is 0. The summed E-state index contributed by atoms with van der Waals surface area (Å²) in [5, 5.41) is 12.0. The number of nitrogens with one attached hydrogen (secondary N) is 2. The van der Waals surface area contributed by atoms with Gasteiger partial charge < -0.3 is 15.2 Å². The normalized spacial score (nSPS) is 16.5. The molecule has 1 fully saturated rings. The van der Waals surface area contributed by atoms with Gasteiger partial charge >= 0.3 is 0 Å². The van der Waals surface area contributed by atoms with Gasteiger partial charge in [0.05, 0.1) is 41.4 Å². The molecule has 9 nitrogen and oxygen atoms in total. The third-order valence-electron chi connectivity index (χ3n) is 6.29. The van der Waals surface area contributed by atoms with Crippen molar-refractivity contribution >= 4 is 22.6 Å². The molecule has 0 saturated carbocycles. The number of carbonyl (C=O) groups is 1. The molecule has 9 heteroatoms. The van der Waals surface area contributed by atoms with Crippen molar-refractivity contribution in [2.75, 3.05) is 31.6 Å². The van der Waals surface area contributed by atoms with E-state index in [9.17, 15) is 14.9 Å². The number of anilines is 1. The predicted octanol–water partition coefficient (Wildman–Crippen LogP) is 1.90. The van der Waals surface area contributed by atoms with E-state index in [0.29, 0.717) is 30.8 Å². The topological polar surface area (TPSA) is 118 Å². The number of hydrogen-bond donors (Lipinski definition) is 2. The molecule has 0 aliphatic carbocycles. The fraction of sp³-hybridized carbons (Fsp3) is 0.375. The highest BCUT2D eigenvalue weighted by Crippen LogP contribution is 2.24. The van der Waals surface area contributed by atoms with Gasteiger partial charge in [0.2, 0.25) is 0 Å². The van der Waals surface area contributed by atoms with Crippen LogP contribution in [0.3, 0.4) is 0 Å². The number of nitrogens with zero attached hydrogens (tertiary/aromatic N) is 5. The lowest BCUT2D eigenvalue weighted by Crippen LogP contribution is -2.52. The Kier molecular flexibility index (Phi) is 6.38. The van der Waals surface area contributed by atoms with E-state index < -0.39 is 0 Å². The first-order valence-corrected chi connectivity index (χ1v) is 10.9. The number of rotatable bonds is 5. The summed E-state index contributed by atoms with van der Waals surface area (Å²) in [4.78, 5) is 40.2. The summed E-state index contributed by atoms with van der Waals surface area (Å²) in [5.41, 5.74) is 5.35. The number of carbonyl (C=O) groups excluding carboxylic acids is 1. The molecule has 2 N–H and O–H groups in total. The number of nitriles is 1. The second-order valence-electron chi connectivity index (χ2n) is 8.37. The fourth-order valence-electron chi connectivity index (χ4n) is 4.31. The molecule has 3 aromatic rings. The van der Waals surface area contributed by atoms with Crippen molar-refractivity contribution in [1.82, 2.24) is 25.2 Å². The van der Waals surface area contributed by atoms with E-state index in [1.165, 1.54) is 0 Å². The van der Waals surface area contributed by atoms with Crippen molar-refractivity contribution in [1.29, 1.82) is 5.26 Å². The molecule has 170 valence electrons. The van der Waals surface area contributed by atoms with E-state index in [4.69, 9.17) is 0 Å². The Morgan fingerprint density at radius 3 is 2.76 bits per heavy atom. The largest absolute Gasteiger partial charge is 0.364 e. The second kappa shape index (κ2) is 9.38. The maximum atomic E-state index is 12.2. The Bertz CT molecular complexity index is 1280. The van der Waals surface area contributed by atoms with Crippen LogP contribution >= 0.6 is 0 Å². The van der Waals surface area contributed by atoms with E-state index in [1.54, 1.807) is 26.2 Å². The van der Waals surface area contributed by atoms with Crippen LogP contribution in [0, 0.1) is 25.2 Å². The van der Waals surface area contributed by atoms with Gasteiger partial charge in [-0.2, -0.15) is 5.26 Å². The summed E-state index contributed by atoms with van der Waals surface area (Å²) in [6, 6.07) is 7.88. The predicted molar refractivity (Wildman–Crippen MR) is 126 cm³/mol. The highest BCUT2D eigenvalue weighted by Gasteiger charge is 2.27. The molecule has 0 radical (unpaired) electrons. The van der Waals surface area contributed by atoms with E-state index in [0.717, 1.165) is 40.9 Å². The molecule has 1 amide bonds. The average molecular weight is 446 g/mol. The molecule has 0 spiro atoms. The van der Waals surface area contributed by atoms with Crippen molar-refractivity contribution in [3.05, 3.63) is 63.3 Å². The molecule has 0 aromatic carbocycles. The first-order chi connectivity index (χ1) is 15.9. The van der Waals surface area contributed by atoms with Gasteiger partial charge in [-0.25, -0.2) is 4.98 Å². The first-order valence-electron chi connectivity index (χ1n) is 10.9. The quantitative estimate of drug-likeness (QED) is 0.616. The van der Waals surface area contributed by atoms with Crippen LogP contribution in [0.2, 0.25) is 0 Å². The number of piperazine rings is 1. The van der Waals surface area contributed by atoms with Crippen molar-refractivity contribution in [3.8, 4) is 6.07 Å². The second-order valence-corrected chi connectivity index (χ2v) is 8.37. The fourth-order valence-corrected chi connectivity index (χ4v) is 4.31. The minimum absolute atomic E-state index is 0.00881. The molecule has 1 atom stereocenters. The molecule has 4 rings (SSSR count). The van der Waals surface area contributed by atoms with Gasteiger partial charge in [-0.05, 0) is 43.2 Å². The van der Waals surface area contributed by atoms with Gasteiger partial charge in [0.15, 0.2) is 0 Å². The third-order valence-corrected chi connectivity index (χ3v) is 6.29. The van der Waals surface area contributed by atoms with Crippen LogP contribution in [0.15, 0.2) is 35.4 Å². The molecule has 33 heavy (non-hydrogen) atoms. The maximum Gasteiger partial charge on any atom is 0.269 e. The highest BCUT2D eigenvalue weighted by molar-refractivity contribution is 5.92. The van der Waals surface area contributed by atoms with Crippen molar-refractivity contribution in [3.63, 3.8) is 0 Å². The number of pyridine rings is 3. The monoisotopic (exact) mass is 445 g/mol. The van der Waals surface area contributed by atoms with Crippen LogP contribution < -0.4 is 15.8 Å². The number of hydrogen-bond acceptors (Lipinski definition) is 7. The zero-order valence-electron chi connectivity index (χ0n) is 19.1. The van der Waals surface area contributed by atoms with Crippen molar-refractivity contribution in [2.24, 2.45) is 0 Å². The van der Waals surface area contributed by atoms with E-state index in [1.807, 2.05) is 25.3 Å². The van der Waals surface area contributed by atoms with Crippen LogP contribution in [0.5, 0.6) is 0 Å². The molecule has 0 bridgehead atoms. The first kappa shape index (κ1) is 22.4. The van der Waals surface area contributed by atoms with Crippen LogP contribution in [0.4, 0.5) is 5.69 Å². The Balaban J connectivity index is 1.50. The van der Waals surface area contributed by atoms with E-state index in [-0.39, 0.29) is 17.5 Å². The minimum atomic E-state index is -0.226. The van der Waals surface area contributed by atoms with E-state index in [2.05, 4.69) is 36.1 Å². The average Bonchev–Trinajstić information content (AvgIpc) is 2.82. The van der Waals surface area contributed by atoms with Crippen LogP contribution in [0.25, 0.3) is 11.0 Å². The zero-order valence-corrected chi connectivity index (χ0v) is 19.1. The summed E-state index contributed by atoms with van der Waals surface area (Å²) in [7, 11) is 1.57. The molecule has 1 aliphatic rings. The molecule has 1 aliphatic heterocycles. The lowest BCUT2D eigenvalue weighted by Gasteiger charge is -2.42. The number of fused-ring (bicyclic) bond motifs is 1. The van der Waals surface area contributed by atoms with Gasteiger partial charge in [-0.3, -0.25) is 19.5 Å². The SMILES string of the molecule is CNC(=O)c1ccc(N2CCN(Cc3cnc4c(C)c(C)c(=O)[nH]c4c3)CC2CC#N)cn1. The lowest BCUT2D eigenvalue weighted by atomic mass is 10.1. The van der Waals surface area contributed by atoms with Crippen molar-refractivity contribution < 1.29 is 4.79 Å². The Morgan fingerprint density at radius 2 is 2.06 bits per heavy atom. The number of amides is 1. The number of aromatic amines is 1.